The Kier molecular flexibility index (Phi) is 4.24. The van der Waals surface area contributed by atoms with Gasteiger partial charge >= 0.3 is 5.69 Å². The number of rotatable bonds is 4. The maximum atomic E-state index is 11.3. The average Bonchev–Trinajstić information content (AvgIpc) is 2.63. The minimum atomic E-state index is -0.372. The van der Waals surface area contributed by atoms with E-state index >= 15 is 0 Å². The van der Waals surface area contributed by atoms with Gasteiger partial charge < -0.3 is 14.4 Å². The van der Waals surface area contributed by atoms with Crippen molar-refractivity contribution in [1.82, 2.24) is 9.78 Å². The molecule has 2 unspecified atom stereocenters. The fourth-order valence-corrected chi connectivity index (χ4v) is 2.70. The summed E-state index contributed by atoms with van der Waals surface area (Å²) in [4.78, 5) is 12.8. The van der Waals surface area contributed by atoms with E-state index in [1.54, 1.807) is 25.8 Å². The van der Waals surface area contributed by atoms with Gasteiger partial charge in [0, 0.05) is 27.2 Å². The summed E-state index contributed by atoms with van der Waals surface area (Å²) >= 11 is 0. The molecule has 1 aliphatic rings. The van der Waals surface area contributed by atoms with Crippen molar-refractivity contribution in [3.05, 3.63) is 15.8 Å². The summed E-state index contributed by atoms with van der Waals surface area (Å²) in [6, 6.07) is 0. The van der Waals surface area contributed by atoms with E-state index in [0.29, 0.717) is 31.2 Å². The largest absolute Gasteiger partial charge is 0.382 e. The van der Waals surface area contributed by atoms with Gasteiger partial charge in [-0.05, 0) is 13.8 Å². The van der Waals surface area contributed by atoms with E-state index in [4.69, 9.17) is 9.47 Å². The van der Waals surface area contributed by atoms with E-state index in [-0.39, 0.29) is 22.8 Å². The van der Waals surface area contributed by atoms with Gasteiger partial charge in [0.05, 0.1) is 23.7 Å². The molecule has 1 saturated heterocycles. The summed E-state index contributed by atoms with van der Waals surface area (Å²) in [6.07, 6.45) is -0.114. The lowest BCUT2D eigenvalue weighted by atomic mass is 10.2. The second kappa shape index (κ2) is 5.76. The second-order valence-electron chi connectivity index (χ2n) is 5.07. The Morgan fingerprint density at radius 2 is 2.25 bits per heavy atom. The highest BCUT2D eigenvalue weighted by molar-refractivity contribution is 5.61. The number of morpholine rings is 1. The molecule has 0 amide bonds. The van der Waals surface area contributed by atoms with Crippen LogP contribution in [0.1, 0.15) is 12.6 Å². The minimum absolute atomic E-state index is 0.0151. The van der Waals surface area contributed by atoms with Gasteiger partial charge in [-0.3, -0.25) is 10.1 Å². The summed E-state index contributed by atoms with van der Waals surface area (Å²) in [5, 5.41) is 15.4. The first kappa shape index (κ1) is 14.7. The molecular formula is C12H20N4O4. The summed E-state index contributed by atoms with van der Waals surface area (Å²) < 4.78 is 12.4. The number of methoxy groups -OCH3 is 1. The van der Waals surface area contributed by atoms with Crippen LogP contribution in [0.25, 0.3) is 0 Å². The van der Waals surface area contributed by atoms with Gasteiger partial charge in [0.15, 0.2) is 0 Å². The highest BCUT2D eigenvalue weighted by atomic mass is 16.6. The summed E-state index contributed by atoms with van der Waals surface area (Å²) in [6.45, 7) is 5.21. The van der Waals surface area contributed by atoms with Gasteiger partial charge in [-0.1, -0.05) is 0 Å². The molecule has 112 valence electrons. The summed E-state index contributed by atoms with van der Waals surface area (Å²) in [7, 11) is 3.34. The Morgan fingerprint density at radius 3 is 2.85 bits per heavy atom. The number of nitrogens with zero attached hydrogens (tertiary/aromatic N) is 4. The Hall–Kier alpha value is -1.67. The molecule has 1 aromatic rings. The zero-order valence-electron chi connectivity index (χ0n) is 12.2. The quantitative estimate of drug-likeness (QED) is 0.603. The molecule has 1 fully saturated rings. The molecule has 2 heterocycles. The third-order valence-electron chi connectivity index (χ3n) is 3.32. The molecule has 20 heavy (non-hydrogen) atoms. The smallest absolute Gasteiger partial charge is 0.333 e. The summed E-state index contributed by atoms with van der Waals surface area (Å²) in [5.74, 6) is 0.531. The Morgan fingerprint density at radius 1 is 1.55 bits per heavy atom. The number of nitro groups is 1. The fraction of sp³-hybridized carbons (Fsp3) is 0.750. The topological polar surface area (TPSA) is 82.7 Å². The zero-order chi connectivity index (χ0) is 14.9. The summed E-state index contributed by atoms with van der Waals surface area (Å²) in [5.41, 5.74) is 0.493. The van der Waals surface area contributed by atoms with Crippen molar-refractivity contribution < 1.29 is 14.4 Å². The Bertz CT molecular complexity index is 502. The van der Waals surface area contributed by atoms with Crippen molar-refractivity contribution >= 4 is 11.5 Å². The molecular weight excluding hydrogens is 264 g/mol. The first-order chi connectivity index (χ1) is 9.43. The van der Waals surface area contributed by atoms with Gasteiger partial charge in [0.2, 0.25) is 5.82 Å². The van der Waals surface area contributed by atoms with Crippen LogP contribution < -0.4 is 4.90 Å². The van der Waals surface area contributed by atoms with Crippen LogP contribution in [0.4, 0.5) is 11.5 Å². The average molecular weight is 284 g/mol. The zero-order valence-corrected chi connectivity index (χ0v) is 12.2. The van der Waals surface area contributed by atoms with E-state index in [2.05, 4.69) is 5.10 Å². The molecule has 1 aromatic heterocycles. The molecule has 0 saturated carbocycles. The Labute approximate surface area is 117 Å². The van der Waals surface area contributed by atoms with Crippen molar-refractivity contribution in [2.75, 3.05) is 31.7 Å². The van der Waals surface area contributed by atoms with Crippen LogP contribution in [-0.2, 0) is 16.5 Å². The van der Waals surface area contributed by atoms with Crippen molar-refractivity contribution in [3.8, 4) is 0 Å². The number of hydrogen-bond acceptors (Lipinski definition) is 6. The van der Waals surface area contributed by atoms with Gasteiger partial charge in [0.1, 0.15) is 5.69 Å². The molecule has 8 nitrogen and oxygen atoms in total. The first-order valence-corrected chi connectivity index (χ1v) is 6.51. The monoisotopic (exact) mass is 284 g/mol. The van der Waals surface area contributed by atoms with E-state index < -0.39 is 0 Å². The van der Waals surface area contributed by atoms with Gasteiger partial charge in [0.25, 0.3) is 0 Å². The van der Waals surface area contributed by atoms with Crippen LogP contribution in [0.3, 0.4) is 0 Å². The predicted molar refractivity (Wildman–Crippen MR) is 73.0 cm³/mol. The van der Waals surface area contributed by atoms with E-state index in [1.165, 1.54) is 0 Å². The van der Waals surface area contributed by atoms with Crippen LogP contribution >= 0.6 is 0 Å². The molecule has 0 aromatic carbocycles. The molecule has 2 rings (SSSR count). The highest BCUT2D eigenvalue weighted by Crippen LogP contribution is 2.32. The number of aromatic nitrogens is 2. The predicted octanol–water partition coefficient (Wildman–Crippen LogP) is 0.877. The van der Waals surface area contributed by atoms with E-state index in [9.17, 15) is 10.1 Å². The van der Waals surface area contributed by atoms with Crippen LogP contribution in [0.5, 0.6) is 0 Å². The second-order valence-corrected chi connectivity index (χ2v) is 5.07. The first-order valence-electron chi connectivity index (χ1n) is 6.51. The molecule has 8 heteroatoms. The molecule has 1 aliphatic heterocycles. The molecule has 0 radical (unpaired) electrons. The maximum absolute atomic E-state index is 11.3. The van der Waals surface area contributed by atoms with Crippen molar-refractivity contribution in [2.24, 2.45) is 7.05 Å². The number of anilines is 1. The van der Waals surface area contributed by atoms with Gasteiger partial charge in [-0.15, -0.1) is 0 Å². The van der Waals surface area contributed by atoms with E-state index in [0.717, 1.165) is 0 Å². The van der Waals surface area contributed by atoms with E-state index in [1.807, 2.05) is 11.8 Å². The minimum Gasteiger partial charge on any atom is -0.382 e. The molecule has 0 spiro atoms. The van der Waals surface area contributed by atoms with Crippen LogP contribution in [0.2, 0.25) is 0 Å². The maximum Gasteiger partial charge on any atom is 0.333 e. The standard InChI is InChI=1S/C12H20N4O4/c1-8-5-15(6-10(20-8)7-19-4)12-11(16(17)18)9(2)13-14(12)3/h8,10H,5-7H2,1-4H3. The lowest BCUT2D eigenvalue weighted by Crippen LogP contribution is -2.49. The number of ether oxygens (including phenoxy) is 2. The number of aryl methyl sites for hydroxylation is 2. The van der Waals surface area contributed by atoms with Crippen molar-refractivity contribution in [2.45, 2.75) is 26.1 Å². The van der Waals surface area contributed by atoms with Crippen molar-refractivity contribution in [1.29, 1.82) is 0 Å². The molecule has 2 atom stereocenters. The van der Waals surface area contributed by atoms with Crippen LogP contribution in [0.15, 0.2) is 0 Å². The Balaban J connectivity index is 2.32. The van der Waals surface area contributed by atoms with Gasteiger partial charge in [-0.2, -0.15) is 5.10 Å². The van der Waals surface area contributed by atoms with Crippen LogP contribution in [-0.4, -0.2) is 53.7 Å². The SMILES string of the molecule is COCC1CN(c2c([N+](=O)[O-])c(C)nn2C)CC(C)O1. The van der Waals surface area contributed by atoms with Crippen molar-refractivity contribution in [3.63, 3.8) is 0 Å². The number of hydrogen-bond donors (Lipinski definition) is 0. The van der Waals surface area contributed by atoms with Gasteiger partial charge in [-0.25, -0.2) is 4.68 Å². The highest BCUT2D eigenvalue weighted by Gasteiger charge is 2.33. The van der Waals surface area contributed by atoms with Crippen LogP contribution in [0, 0.1) is 17.0 Å². The third-order valence-corrected chi connectivity index (χ3v) is 3.32. The fourth-order valence-electron chi connectivity index (χ4n) is 2.70. The molecule has 0 bridgehead atoms. The lowest BCUT2D eigenvalue weighted by molar-refractivity contribution is -0.384. The lowest BCUT2D eigenvalue weighted by Gasteiger charge is -2.37. The molecule has 0 aliphatic carbocycles. The molecule has 0 N–H and O–H groups in total. The normalized spacial score (nSPS) is 23.1. The third kappa shape index (κ3) is 2.75.